The summed E-state index contributed by atoms with van der Waals surface area (Å²) in [5.41, 5.74) is 6.82. The highest BCUT2D eigenvalue weighted by Crippen LogP contribution is 2.32. The molecule has 0 amide bonds. The minimum atomic E-state index is -0.329. The van der Waals surface area contributed by atoms with Crippen molar-refractivity contribution in [2.24, 2.45) is 11.7 Å². The normalized spacial score (nSPS) is 14.7. The van der Waals surface area contributed by atoms with Gasteiger partial charge in [-0.2, -0.15) is 0 Å². The fraction of sp³-hybridized carbons (Fsp3) is 0.462. The number of benzene rings is 1. The molecule has 1 saturated carbocycles. The maximum absolute atomic E-state index is 13.8. The van der Waals surface area contributed by atoms with Crippen molar-refractivity contribution in [2.45, 2.75) is 19.8 Å². The average Bonchev–Trinajstić information content (AvgIpc) is 3.08. The van der Waals surface area contributed by atoms with Crippen molar-refractivity contribution in [3.05, 3.63) is 29.6 Å². The summed E-state index contributed by atoms with van der Waals surface area (Å²) in [5.74, 6) is 0.418. The van der Waals surface area contributed by atoms with Crippen LogP contribution < -0.4 is 10.6 Å². The fourth-order valence-electron chi connectivity index (χ4n) is 2.03. The van der Waals surface area contributed by atoms with Gasteiger partial charge in [0.05, 0.1) is 5.56 Å². The predicted molar refractivity (Wildman–Crippen MR) is 72.9 cm³/mol. The number of nitrogens with zero attached hydrogens (tertiary/aromatic N) is 1. The highest BCUT2D eigenvalue weighted by Gasteiger charge is 2.25. The molecule has 0 unspecified atom stereocenters. The third-order valence-corrected chi connectivity index (χ3v) is 3.34. The Morgan fingerprint density at radius 3 is 2.76 bits per heavy atom. The van der Waals surface area contributed by atoms with E-state index in [4.69, 9.17) is 18.0 Å². The van der Waals surface area contributed by atoms with E-state index in [0.717, 1.165) is 24.7 Å². The van der Waals surface area contributed by atoms with Crippen LogP contribution in [-0.4, -0.2) is 18.1 Å². The lowest BCUT2D eigenvalue weighted by Gasteiger charge is -2.25. The molecule has 1 aromatic rings. The molecule has 0 aromatic heterocycles. The Kier molecular flexibility index (Phi) is 3.62. The van der Waals surface area contributed by atoms with Crippen molar-refractivity contribution >= 4 is 22.9 Å². The molecule has 4 heteroatoms. The Labute approximate surface area is 107 Å². The van der Waals surface area contributed by atoms with Crippen molar-refractivity contribution in [1.82, 2.24) is 0 Å². The zero-order valence-electron chi connectivity index (χ0n) is 9.95. The lowest BCUT2D eigenvalue weighted by Crippen LogP contribution is -2.28. The van der Waals surface area contributed by atoms with Crippen LogP contribution >= 0.6 is 12.2 Å². The maximum atomic E-state index is 13.8. The fourth-order valence-corrected chi connectivity index (χ4v) is 2.23. The first kappa shape index (κ1) is 12.3. The van der Waals surface area contributed by atoms with Gasteiger partial charge in [-0.15, -0.1) is 0 Å². The number of hydrogen-bond acceptors (Lipinski definition) is 2. The zero-order chi connectivity index (χ0) is 12.4. The molecule has 1 aliphatic carbocycles. The van der Waals surface area contributed by atoms with Crippen LogP contribution in [0.4, 0.5) is 10.1 Å². The molecular weight excluding hydrogens is 235 g/mol. The van der Waals surface area contributed by atoms with E-state index in [2.05, 4.69) is 11.8 Å². The van der Waals surface area contributed by atoms with Crippen molar-refractivity contribution in [1.29, 1.82) is 0 Å². The summed E-state index contributed by atoms with van der Waals surface area (Å²) in [5, 5.41) is 0. The topological polar surface area (TPSA) is 29.3 Å². The quantitative estimate of drug-likeness (QED) is 0.817. The second kappa shape index (κ2) is 5.00. The number of halogens is 1. The average molecular weight is 252 g/mol. The highest BCUT2D eigenvalue weighted by atomic mass is 32.1. The summed E-state index contributed by atoms with van der Waals surface area (Å²) in [6.07, 6.45) is 2.54. The number of anilines is 1. The highest BCUT2D eigenvalue weighted by molar-refractivity contribution is 7.80. The first-order chi connectivity index (χ1) is 8.13. The van der Waals surface area contributed by atoms with Gasteiger partial charge in [0.1, 0.15) is 10.8 Å². The van der Waals surface area contributed by atoms with Crippen LogP contribution in [0.1, 0.15) is 25.3 Å². The van der Waals surface area contributed by atoms with E-state index in [1.54, 1.807) is 6.07 Å². The summed E-state index contributed by atoms with van der Waals surface area (Å²) < 4.78 is 13.8. The lowest BCUT2D eigenvalue weighted by molar-refractivity contribution is 0.623. The van der Waals surface area contributed by atoms with Crippen molar-refractivity contribution in [2.75, 3.05) is 18.0 Å². The molecule has 0 atom stereocenters. The van der Waals surface area contributed by atoms with Crippen molar-refractivity contribution in [3.63, 3.8) is 0 Å². The van der Waals surface area contributed by atoms with Gasteiger partial charge >= 0.3 is 0 Å². The molecule has 1 aromatic carbocycles. The molecule has 0 heterocycles. The van der Waals surface area contributed by atoms with E-state index < -0.39 is 0 Å². The van der Waals surface area contributed by atoms with Gasteiger partial charge in [0, 0.05) is 18.8 Å². The second-order valence-corrected chi connectivity index (χ2v) is 4.92. The number of nitrogens with two attached hydrogens (primary N) is 1. The zero-order valence-corrected chi connectivity index (χ0v) is 10.8. The summed E-state index contributed by atoms with van der Waals surface area (Å²) >= 11 is 4.94. The van der Waals surface area contributed by atoms with E-state index in [-0.39, 0.29) is 10.8 Å². The van der Waals surface area contributed by atoms with Gasteiger partial charge in [0.25, 0.3) is 0 Å². The lowest BCUT2D eigenvalue weighted by atomic mass is 10.1. The number of rotatable bonds is 5. The summed E-state index contributed by atoms with van der Waals surface area (Å²) in [4.78, 5) is 2.29. The van der Waals surface area contributed by atoms with E-state index in [9.17, 15) is 4.39 Å². The van der Waals surface area contributed by atoms with Gasteiger partial charge < -0.3 is 10.6 Å². The van der Waals surface area contributed by atoms with Gasteiger partial charge in [-0.1, -0.05) is 18.3 Å². The van der Waals surface area contributed by atoms with Crippen LogP contribution in [0.2, 0.25) is 0 Å². The maximum Gasteiger partial charge on any atom is 0.135 e. The summed E-state index contributed by atoms with van der Waals surface area (Å²) in [6.45, 7) is 3.88. The molecule has 0 spiro atoms. The largest absolute Gasteiger partial charge is 0.389 e. The Morgan fingerprint density at radius 2 is 2.24 bits per heavy atom. The van der Waals surface area contributed by atoms with Crippen LogP contribution in [0.15, 0.2) is 18.2 Å². The predicted octanol–water partition coefficient (Wildman–Crippen LogP) is 2.70. The molecular formula is C13H17FN2S. The van der Waals surface area contributed by atoms with Gasteiger partial charge in [0.2, 0.25) is 0 Å². The van der Waals surface area contributed by atoms with Crippen molar-refractivity contribution in [3.8, 4) is 0 Å². The van der Waals surface area contributed by atoms with Gasteiger partial charge in [0.15, 0.2) is 0 Å². The van der Waals surface area contributed by atoms with Crippen LogP contribution in [0.3, 0.4) is 0 Å². The summed E-state index contributed by atoms with van der Waals surface area (Å²) in [7, 11) is 0. The first-order valence-corrected chi connectivity index (χ1v) is 6.37. The molecule has 1 fully saturated rings. The van der Waals surface area contributed by atoms with Crippen LogP contribution in [0, 0.1) is 11.7 Å². The van der Waals surface area contributed by atoms with Crippen LogP contribution in [0.25, 0.3) is 0 Å². The molecule has 92 valence electrons. The number of hydrogen-bond donors (Lipinski definition) is 1. The SMILES string of the molecule is CCN(CC1CC1)c1cccc(F)c1C(N)=S. The molecule has 1 aliphatic rings. The van der Waals surface area contributed by atoms with Crippen LogP contribution in [-0.2, 0) is 0 Å². The first-order valence-electron chi connectivity index (χ1n) is 5.96. The summed E-state index contributed by atoms with van der Waals surface area (Å²) in [6, 6.07) is 5.01. The molecule has 0 saturated heterocycles. The Hall–Kier alpha value is -1.16. The second-order valence-electron chi connectivity index (χ2n) is 4.48. The Bertz CT molecular complexity index is 429. The van der Waals surface area contributed by atoms with Gasteiger partial charge in [-0.3, -0.25) is 0 Å². The molecule has 0 aliphatic heterocycles. The number of thiocarbonyl (C=S) groups is 1. The molecule has 2 nitrogen and oxygen atoms in total. The van der Waals surface area contributed by atoms with E-state index in [0.29, 0.717) is 5.56 Å². The molecule has 2 rings (SSSR count). The third kappa shape index (κ3) is 2.75. The minimum absolute atomic E-state index is 0.132. The standard InChI is InChI=1S/C13H17FN2S/c1-2-16(8-9-6-7-9)11-5-3-4-10(14)12(11)13(15)17/h3-5,9H,2,6-8H2,1H3,(H2,15,17). The molecule has 17 heavy (non-hydrogen) atoms. The van der Waals surface area contributed by atoms with Crippen LogP contribution in [0.5, 0.6) is 0 Å². The third-order valence-electron chi connectivity index (χ3n) is 3.14. The Balaban J connectivity index is 2.33. The molecule has 0 radical (unpaired) electrons. The van der Waals surface area contributed by atoms with Crippen molar-refractivity contribution < 1.29 is 4.39 Å². The molecule has 2 N–H and O–H groups in total. The minimum Gasteiger partial charge on any atom is -0.389 e. The van der Waals surface area contributed by atoms with E-state index >= 15 is 0 Å². The smallest absolute Gasteiger partial charge is 0.135 e. The van der Waals surface area contributed by atoms with E-state index in [1.165, 1.54) is 18.9 Å². The van der Waals surface area contributed by atoms with Gasteiger partial charge in [-0.25, -0.2) is 4.39 Å². The molecule has 0 bridgehead atoms. The van der Waals surface area contributed by atoms with Gasteiger partial charge in [-0.05, 0) is 37.8 Å². The van der Waals surface area contributed by atoms with E-state index in [1.807, 2.05) is 6.07 Å². The monoisotopic (exact) mass is 252 g/mol. The Morgan fingerprint density at radius 1 is 1.53 bits per heavy atom.